The summed E-state index contributed by atoms with van der Waals surface area (Å²) in [6, 6.07) is 5.70. The van der Waals surface area contributed by atoms with E-state index >= 15 is 0 Å². The van der Waals surface area contributed by atoms with Gasteiger partial charge in [-0.1, -0.05) is 0 Å². The fourth-order valence-electron chi connectivity index (χ4n) is 4.33. The van der Waals surface area contributed by atoms with Gasteiger partial charge in [-0.3, -0.25) is 4.79 Å². The summed E-state index contributed by atoms with van der Waals surface area (Å²) in [7, 11) is 5.68. The van der Waals surface area contributed by atoms with Crippen LogP contribution in [-0.4, -0.2) is 59.6 Å². The summed E-state index contributed by atoms with van der Waals surface area (Å²) in [5, 5.41) is 3.89. The molecule has 32 heavy (non-hydrogen) atoms. The third-order valence-electron chi connectivity index (χ3n) is 6.34. The molecular formula is C24H29N5O3. The molecule has 2 saturated carbocycles. The second kappa shape index (κ2) is 8.43. The maximum Gasteiger partial charge on any atom is 0.228 e. The summed E-state index contributed by atoms with van der Waals surface area (Å²) < 4.78 is 11.8. The lowest BCUT2D eigenvalue weighted by Crippen LogP contribution is -2.24. The molecular weight excluding hydrogens is 406 g/mol. The minimum Gasteiger partial charge on any atom is -0.490 e. The number of nitrogens with zero attached hydrogens (tertiary/aromatic N) is 3. The number of carbonyl (C=O) groups is 1. The zero-order valence-electron chi connectivity index (χ0n) is 18.7. The number of aromatic amines is 1. The molecule has 2 N–H and O–H groups in total. The first-order valence-corrected chi connectivity index (χ1v) is 11.2. The Hall–Kier alpha value is -3.13. The Balaban J connectivity index is 1.40. The van der Waals surface area contributed by atoms with Crippen molar-refractivity contribution in [2.45, 2.75) is 31.8 Å². The lowest BCUT2D eigenvalue weighted by Gasteiger charge is -2.27. The summed E-state index contributed by atoms with van der Waals surface area (Å²) in [5.41, 5.74) is 2.42. The number of H-pyrrole nitrogens is 1. The van der Waals surface area contributed by atoms with Crippen molar-refractivity contribution in [3.05, 3.63) is 30.6 Å². The van der Waals surface area contributed by atoms with Crippen LogP contribution < -0.4 is 14.8 Å². The van der Waals surface area contributed by atoms with Gasteiger partial charge in [0.2, 0.25) is 11.8 Å². The van der Waals surface area contributed by atoms with Gasteiger partial charge in [0, 0.05) is 35.8 Å². The molecule has 2 fully saturated rings. The van der Waals surface area contributed by atoms with Gasteiger partial charge in [-0.05, 0) is 63.9 Å². The molecule has 0 aliphatic heterocycles. The maximum atomic E-state index is 12.6. The number of fused-ring (bicyclic) bond motifs is 1. The Morgan fingerprint density at radius 3 is 2.84 bits per heavy atom. The first-order valence-electron chi connectivity index (χ1n) is 11.2. The number of pyridine rings is 2. The largest absolute Gasteiger partial charge is 0.490 e. The highest BCUT2D eigenvalue weighted by Gasteiger charge is 2.43. The molecule has 2 aliphatic carbocycles. The van der Waals surface area contributed by atoms with Crippen LogP contribution in [0.15, 0.2) is 30.6 Å². The maximum absolute atomic E-state index is 12.6. The average Bonchev–Trinajstić information content (AvgIpc) is 3.38. The predicted octanol–water partition coefficient (Wildman–Crippen LogP) is 3.70. The molecule has 168 valence electrons. The van der Waals surface area contributed by atoms with Crippen molar-refractivity contribution in [3.8, 4) is 22.8 Å². The number of nitrogens with one attached hydrogen (secondary N) is 2. The van der Waals surface area contributed by atoms with Crippen molar-refractivity contribution in [1.29, 1.82) is 0 Å². The van der Waals surface area contributed by atoms with Gasteiger partial charge in [0.25, 0.3) is 0 Å². The molecule has 0 aromatic carbocycles. The molecule has 3 heterocycles. The van der Waals surface area contributed by atoms with Crippen molar-refractivity contribution in [2.75, 3.05) is 33.1 Å². The molecule has 5 rings (SSSR count). The minimum absolute atomic E-state index is 0.0422. The monoisotopic (exact) mass is 435 g/mol. The van der Waals surface area contributed by atoms with Gasteiger partial charge >= 0.3 is 0 Å². The molecule has 2 aliphatic rings. The standard InChI is InChI=1S/C24H29N5O3/c1-29(2)13-14-11-17(14)23(30)28-20-8-7-16-18(12-26-22(16)27-20)21-19(32-15-5-4-6-15)9-10-25-24(21)31-3/h7-10,12,14-15,17H,4-6,11,13H2,1-3H3,(H2,26,27,28,30)/t14-,17+/m0/s1. The van der Waals surface area contributed by atoms with E-state index in [4.69, 9.17) is 9.47 Å². The van der Waals surface area contributed by atoms with E-state index in [0.717, 1.165) is 48.1 Å². The van der Waals surface area contributed by atoms with Gasteiger partial charge in [-0.25, -0.2) is 9.97 Å². The van der Waals surface area contributed by atoms with Crippen molar-refractivity contribution in [2.24, 2.45) is 11.8 Å². The van der Waals surface area contributed by atoms with Crippen LogP contribution >= 0.6 is 0 Å². The van der Waals surface area contributed by atoms with Gasteiger partial charge in [-0.2, -0.15) is 0 Å². The van der Waals surface area contributed by atoms with Gasteiger partial charge in [-0.15, -0.1) is 0 Å². The van der Waals surface area contributed by atoms with E-state index in [1.54, 1.807) is 13.3 Å². The van der Waals surface area contributed by atoms with Crippen LogP contribution in [0.25, 0.3) is 22.2 Å². The number of carbonyl (C=O) groups excluding carboxylic acids is 1. The van der Waals surface area contributed by atoms with Crippen LogP contribution in [0, 0.1) is 11.8 Å². The highest BCUT2D eigenvalue weighted by molar-refractivity contribution is 5.99. The van der Waals surface area contributed by atoms with E-state index < -0.39 is 0 Å². The van der Waals surface area contributed by atoms with E-state index in [1.165, 1.54) is 6.42 Å². The summed E-state index contributed by atoms with van der Waals surface area (Å²) in [6.07, 6.45) is 8.11. The van der Waals surface area contributed by atoms with Crippen molar-refractivity contribution in [3.63, 3.8) is 0 Å². The molecule has 3 aromatic heterocycles. The highest BCUT2D eigenvalue weighted by Crippen LogP contribution is 2.42. The Morgan fingerprint density at radius 1 is 1.28 bits per heavy atom. The predicted molar refractivity (Wildman–Crippen MR) is 123 cm³/mol. The summed E-state index contributed by atoms with van der Waals surface area (Å²) in [6.45, 7) is 0.933. The van der Waals surface area contributed by atoms with E-state index in [9.17, 15) is 4.79 Å². The summed E-state index contributed by atoms with van der Waals surface area (Å²) >= 11 is 0. The Kier molecular flexibility index (Phi) is 5.46. The molecule has 0 unspecified atom stereocenters. The van der Waals surface area contributed by atoms with Crippen LogP contribution in [0.5, 0.6) is 11.6 Å². The average molecular weight is 436 g/mol. The van der Waals surface area contributed by atoms with Crippen molar-refractivity contribution in [1.82, 2.24) is 19.9 Å². The topological polar surface area (TPSA) is 92.4 Å². The van der Waals surface area contributed by atoms with Crippen molar-refractivity contribution >= 4 is 22.8 Å². The second-order valence-corrected chi connectivity index (χ2v) is 9.01. The van der Waals surface area contributed by atoms with Crippen LogP contribution in [0.1, 0.15) is 25.7 Å². The molecule has 1 amide bonds. The number of hydrogen-bond donors (Lipinski definition) is 2. The lowest BCUT2D eigenvalue weighted by molar-refractivity contribution is -0.117. The number of aromatic nitrogens is 3. The fourth-order valence-corrected chi connectivity index (χ4v) is 4.33. The molecule has 3 aromatic rings. The quantitative estimate of drug-likeness (QED) is 0.561. The van der Waals surface area contributed by atoms with E-state index in [-0.39, 0.29) is 17.9 Å². The van der Waals surface area contributed by atoms with Gasteiger partial charge in [0.1, 0.15) is 17.2 Å². The number of rotatable bonds is 8. The number of amides is 1. The van der Waals surface area contributed by atoms with Crippen LogP contribution in [0.3, 0.4) is 0 Å². The van der Waals surface area contributed by atoms with Crippen molar-refractivity contribution < 1.29 is 14.3 Å². The van der Waals surface area contributed by atoms with E-state index in [2.05, 4.69) is 25.2 Å². The molecule has 0 bridgehead atoms. The third kappa shape index (κ3) is 4.02. The summed E-state index contributed by atoms with van der Waals surface area (Å²) in [4.78, 5) is 26.9. The summed E-state index contributed by atoms with van der Waals surface area (Å²) in [5.74, 6) is 2.37. The van der Waals surface area contributed by atoms with Gasteiger partial charge in [0.15, 0.2) is 0 Å². The minimum atomic E-state index is 0.0422. The smallest absolute Gasteiger partial charge is 0.228 e. The Labute approximate surface area is 187 Å². The van der Waals surface area contributed by atoms with Crippen LogP contribution in [0.2, 0.25) is 0 Å². The Bertz CT molecular complexity index is 1140. The molecule has 0 radical (unpaired) electrons. The first kappa shape index (κ1) is 20.8. The molecule has 8 nitrogen and oxygen atoms in total. The van der Waals surface area contributed by atoms with Crippen LogP contribution in [-0.2, 0) is 4.79 Å². The zero-order chi connectivity index (χ0) is 22.2. The molecule has 0 spiro atoms. The normalized spacial score (nSPS) is 20.2. The Morgan fingerprint density at radius 2 is 2.12 bits per heavy atom. The molecule has 0 saturated heterocycles. The number of anilines is 1. The number of hydrogen-bond acceptors (Lipinski definition) is 6. The molecule has 8 heteroatoms. The second-order valence-electron chi connectivity index (χ2n) is 9.01. The zero-order valence-corrected chi connectivity index (χ0v) is 18.7. The lowest BCUT2D eigenvalue weighted by atomic mass is 9.96. The fraction of sp³-hybridized carbons (Fsp3) is 0.458. The molecule has 2 atom stereocenters. The van der Waals surface area contributed by atoms with Gasteiger partial charge in [0.05, 0.1) is 18.8 Å². The SMILES string of the molecule is COc1nccc(OC2CCC2)c1-c1c[nH]c2nc(NC(=O)[C@@H]3C[C@H]3CN(C)C)ccc12. The number of methoxy groups -OCH3 is 1. The number of ether oxygens (including phenoxy) is 2. The highest BCUT2D eigenvalue weighted by atomic mass is 16.5. The van der Waals surface area contributed by atoms with Crippen LogP contribution in [0.4, 0.5) is 5.82 Å². The van der Waals surface area contributed by atoms with Gasteiger partial charge < -0.3 is 24.7 Å². The van der Waals surface area contributed by atoms with E-state index in [0.29, 0.717) is 23.3 Å². The third-order valence-corrected chi connectivity index (χ3v) is 6.34. The van der Waals surface area contributed by atoms with E-state index in [1.807, 2.05) is 38.5 Å². The first-order chi connectivity index (χ1) is 15.5.